The first kappa shape index (κ1) is 16.8. The third-order valence-electron chi connectivity index (χ3n) is 5.21. The minimum absolute atomic E-state index is 1.09. The summed E-state index contributed by atoms with van der Waals surface area (Å²) < 4.78 is 1.27. The first-order chi connectivity index (χ1) is 10.1. The third-order valence-corrected chi connectivity index (χ3v) is 5.21. The Balaban J connectivity index is 1.48. The van der Waals surface area contributed by atoms with Gasteiger partial charge in [0.1, 0.15) is 6.67 Å². The van der Waals surface area contributed by atoms with Gasteiger partial charge in [-0.05, 0) is 32.0 Å². The van der Waals surface area contributed by atoms with Crippen LogP contribution < -0.4 is 0 Å². The molecular weight excluding hydrogens is 260 g/mol. The summed E-state index contributed by atoms with van der Waals surface area (Å²) in [7, 11) is 2.43. The number of hydrogen-bond donors (Lipinski definition) is 0. The molecule has 4 nitrogen and oxygen atoms in total. The molecule has 0 aliphatic carbocycles. The second-order valence-corrected chi connectivity index (χ2v) is 7.09. The van der Waals surface area contributed by atoms with E-state index in [1.165, 1.54) is 76.1 Å². The lowest BCUT2D eigenvalue weighted by Crippen LogP contribution is -2.43. The summed E-state index contributed by atoms with van der Waals surface area (Å²) in [6.07, 6.45) is 7.52. The largest absolute Gasteiger partial charge is 0.364 e. The lowest BCUT2D eigenvalue weighted by Gasteiger charge is -2.29. The van der Waals surface area contributed by atoms with Gasteiger partial charge in [-0.1, -0.05) is 19.9 Å². The second kappa shape index (κ2) is 8.16. The van der Waals surface area contributed by atoms with Crippen LogP contribution in [0.1, 0.15) is 32.6 Å². The first-order valence-corrected chi connectivity index (χ1v) is 8.80. The molecule has 122 valence electrons. The highest BCUT2D eigenvalue weighted by Crippen LogP contribution is 2.15. The highest BCUT2D eigenvalue weighted by Gasteiger charge is 2.30. The lowest BCUT2D eigenvalue weighted by atomic mass is 10.1. The molecule has 2 fully saturated rings. The van der Waals surface area contributed by atoms with Crippen molar-refractivity contribution in [3.8, 4) is 0 Å². The van der Waals surface area contributed by atoms with Gasteiger partial charge in [-0.25, -0.2) is 0 Å². The molecule has 0 N–H and O–H groups in total. The smallest absolute Gasteiger partial charge is 0.135 e. The quantitative estimate of drug-likeness (QED) is 0.476. The van der Waals surface area contributed by atoms with Crippen molar-refractivity contribution in [1.29, 1.82) is 0 Å². The predicted molar refractivity (Wildman–Crippen MR) is 89.8 cm³/mol. The van der Waals surface area contributed by atoms with E-state index in [0.29, 0.717) is 0 Å². The minimum Gasteiger partial charge on any atom is -0.364 e. The standard InChI is InChI=1S/C17H35N4/c1-4-18-11-12-20(16-18)10-8-6-7-9-14-21(3)15-13-19(5-2)17-21/h4H,1,5-17H2,2-3H3/q+1. The predicted octanol–water partition coefficient (Wildman–Crippen LogP) is 2.01. The van der Waals surface area contributed by atoms with Gasteiger partial charge in [0.2, 0.25) is 0 Å². The molecule has 1 atom stereocenters. The minimum atomic E-state index is 1.09. The van der Waals surface area contributed by atoms with E-state index in [1.807, 2.05) is 6.20 Å². The average Bonchev–Trinajstić information content (AvgIpc) is 3.09. The molecule has 2 aliphatic rings. The monoisotopic (exact) mass is 295 g/mol. The van der Waals surface area contributed by atoms with E-state index in [0.717, 1.165) is 13.2 Å². The van der Waals surface area contributed by atoms with Crippen molar-refractivity contribution in [2.45, 2.75) is 32.6 Å². The van der Waals surface area contributed by atoms with E-state index in [9.17, 15) is 0 Å². The fourth-order valence-corrected chi connectivity index (χ4v) is 3.63. The van der Waals surface area contributed by atoms with Crippen LogP contribution in [0, 0.1) is 0 Å². The Labute approximate surface area is 131 Å². The zero-order chi connectivity index (χ0) is 15.1. The van der Waals surface area contributed by atoms with Gasteiger partial charge < -0.3 is 9.38 Å². The van der Waals surface area contributed by atoms with Crippen molar-refractivity contribution in [3.05, 3.63) is 12.8 Å². The van der Waals surface area contributed by atoms with Gasteiger partial charge in [0.05, 0.1) is 33.4 Å². The molecule has 2 rings (SSSR count). The molecule has 0 aromatic carbocycles. The van der Waals surface area contributed by atoms with Crippen molar-refractivity contribution in [2.75, 3.05) is 66.2 Å². The molecule has 21 heavy (non-hydrogen) atoms. The Hall–Kier alpha value is -0.580. The Morgan fingerprint density at radius 3 is 2.52 bits per heavy atom. The van der Waals surface area contributed by atoms with Gasteiger partial charge in [-0.2, -0.15) is 0 Å². The van der Waals surface area contributed by atoms with E-state index in [-0.39, 0.29) is 0 Å². The maximum Gasteiger partial charge on any atom is 0.135 e. The highest BCUT2D eigenvalue weighted by molar-refractivity contribution is 4.78. The lowest BCUT2D eigenvalue weighted by molar-refractivity contribution is -0.902. The van der Waals surface area contributed by atoms with Crippen LogP contribution >= 0.6 is 0 Å². The molecule has 0 bridgehead atoms. The van der Waals surface area contributed by atoms with E-state index < -0.39 is 0 Å². The van der Waals surface area contributed by atoms with Crippen molar-refractivity contribution in [2.24, 2.45) is 0 Å². The summed E-state index contributed by atoms with van der Waals surface area (Å²) in [5.74, 6) is 0. The summed E-state index contributed by atoms with van der Waals surface area (Å²) in [5.41, 5.74) is 0. The summed E-state index contributed by atoms with van der Waals surface area (Å²) in [6.45, 7) is 17.3. The summed E-state index contributed by atoms with van der Waals surface area (Å²) in [6, 6.07) is 0. The van der Waals surface area contributed by atoms with Crippen LogP contribution in [-0.4, -0.2) is 85.4 Å². The molecule has 0 radical (unpaired) electrons. The molecule has 2 saturated heterocycles. The summed E-state index contributed by atoms with van der Waals surface area (Å²) in [5, 5.41) is 0. The van der Waals surface area contributed by atoms with E-state index in [2.05, 4.69) is 35.3 Å². The molecule has 0 amide bonds. The first-order valence-electron chi connectivity index (χ1n) is 8.80. The van der Waals surface area contributed by atoms with E-state index >= 15 is 0 Å². The van der Waals surface area contributed by atoms with E-state index in [1.54, 1.807) is 0 Å². The molecule has 1 unspecified atom stereocenters. The van der Waals surface area contributed by atoms with Crippen LogP contribution in [0.2, 0.25) is 0 Å². The number of unbranched alkanes of at least 4 members (excludes halogenated alkanes) is 3. The SMILES string of the molecule is C=CN1CCN(CCCCCC[N+]2(C)CCN(CC)C2)C1. The van der Waals surface area contributed by atoms with Crippen LogP contribution in [0.25, 0.3) is 0 Å². The molecule has 2 aliphatic heterocycles. The second-order valence-electron chi connectivity index (χ2n) is 7.09. The average molecular weight is 295 g/mol. The normalized spacial score (nSPS) is 27.6. The molecule has 0 spiro atoms. The maximum absolute atomic E-state index is 3.85. The Morgan fingerprint density at radius 1 is 1.05 bits per heavy atom. The van der Waals surface area contributed by atoms with Crippen LogP contribution in [0.4, 0.5) is 0 Å². The van der Waals surface area contributed by atoms with Crippen molar-refractivity contribution >= 4 is 0 Å². The maximum atomic E-state index is 3.85. The number of hydrogen-bond acceptors (Lipinski definition) is 3. The molecule has 0 saturated carbocycles. The zero-order valence-electron chi connectivity index (χ0n) is 14.3. The Morgan fingerprint density at radius 2 is 1.86 bits per heavy atom. The van der Waals surface area contributed by atoms with Gasteiger partial charge in [0.15, 0.2) is 0 Å². The van der Waals surface area contributed by atoms with Crippen molar-refractivity contribution in [3.63, 3.8) is 0 Å². The van der Waals surface area contributed by atoms with Crippen molar-refractivity contribution in [1.82, 2.24) is 14.7 Å². The number of likely N-dealkylation sites (N-methyl/N-ethyl adjacent to an activating group) is 2. The fourth-order valence-electron chi connectivity index (χ4n) is 3.63. The Bertz CT molecular complexity index is 320. The van der Waals surface area contributed by atoms with Gasteiger partial charge in [-0.15, -0.1) is 0 Å². The number of nitrogens with zero attached hydrogens (tertiary/aromatic N) is 4. The van der Waals surface area contributed by atoms with Crippen LogP contribution in [0.15, 0.2) is 12.8 Å². The number of quaternary nitrogens is 1. The third kappa shape index (κ3) is 5.28. The Kier molecular flexibility index (Phi) is 6.52. The molecule has 0 aromatic rings. The van der Waals surface area contributed by atoms with Crippen LogP contribution in [0.5, 0.6) is 0 Å². The zero-order valence-corrected chi connectivity index (χ0v) is 14.3. The van der Waals surface area contributed by atoms with Gasteiger partial charge in [0.25, 0.3) is 0 Å². The number of rotatable bonds is 9. The molecule has 2 heterocycles. The van der Waals surface area contributed by atoms with E-state index in [4.69, 9.17) is 0 Å². The topological polar surface area (TPSA) is 9.72 Å². The summed E-state index contributed by atoms with van der Waals surface area (Å²) in [4.78, 5) is 7.44. The van der Waals surface area contributed by atoms with Gasteiger partial charge in [0, 0.05) is 19.6 Å². The highest BCUT2D eigenvalue weighted by atomic mass is 15.5. The molecule has 4 heteroatoms. The van der Waals surface area contributed by atoms with Crippen LogP contribution in [0.3, 0.4) is 0 Å². The molecular formula is C17H35N4+. The fraction of sp³-hybridized carbons (Fsp3) is 0.882. The molecule has 0 aromatic heterocycles. The van der Waals surface area contributed by atoms with Gasteiger partial charge in [-0.3, -0.25) is 9.80 Å². The van der Waals surface area contributed by atoms with Crippen molar-refractivity contribution < 1.29 is 4.48 Å². The summed E-state index contributed by atoms with van der Waals surface area (Å²) >= 11 is 0. The van der Waals surface area contributed by atoms with Gasteiger partial charge >= 0.3 is 0 Å². The van der Waals surface area contributed by atoms with Crippen LogP contribution in [-0.2, 0) is 0 Å².